The molecular formula is C12H13NO2. The van der Waals surface area contributed by atoms with Crippen molar-refractivity contribution in [2.75, 3.05) is 0 Å². The summed E-state index contributed by atoms with van der Waals surface area (Å²) in [5.41, 5.74) is 1.37. The summed E-state index contributed by atoms with van der Waals surface area (Å²) in [6, 6.07) is 3.96. The van der Waals surface area contributed by atoms with E-state index in [0.29, 0.717) is 5.92 Å². The molecule has 78 valence electrons. The predicted molar refractivity (Wildman–Crippen MR) is 54.8 cm³/mol. The van der Waals surface area contributed by atoms with E-state index in [1.807, 2.05) is 12.1 Å². The zero-order chi connectivity index (χ0) is 10.5. The summed E-state index contributed by atoms with van der Waals surface area (Å²) < 4.78 is 0. The third-order valence-corrected chi connectivity index (χ3v) is 3.47. The number of carboxylic acid groups (broad SMARTS) is 1. The van der Waals surface area contributed by atoms with Crippen molar-refractivity contribution in [1.29, 1.82) is 0 Å². The van der Waals surface area contributed by atoms with E-state index in [4.69, 9.17) is 0 Å². The third kappa shape index (κ3) is 1.26. The van der Waals surface area contributed by atoms with Crippen molar-refractivity contribution in [3.63, 3.8) is 0 Å². The fourth-order valence-corrected chi connectivity index (χ4v) is 2.22. The van der Waals surface area contributed by atoms with Crippen LogP contribution in [0.25, 0.3) is 0 Å². The molecule has 0 aliphatic heterocycles. The van der Waals surface area contributed by atoms with E-state index < -0.39 is 11.4 Å². The molecule has 0 saturated heterocycles. The molecule has 2 saturated carbocycles. The third-order valence-electron chi connectivity index (χ3n) is 3.47. The molecule has 0 bridgehead atoms. The van der Waals surface area contributed by atoms with Gasteiger partial charge in [0.15, 0.2) is 0 Å². The largest absolute Gasteiger partial charge is 0.481 e. The Labute approximate surface area is 88.1 Å². The zero-order valence-electron chi connectivity index (χ0n) is 8.44. The van der Waals surface area contributed by atoms with Crippen LogP contribution < -0.4 is 0 Å². The number of carbonyl (C=O) groups is 1. The molecule has 0 aromatic carbocycles. The lowest BCUT2D eigenvalue weighted by atomic mass is 9.95. The minimum absolute atomic E-state index is 0.575. The number of hydrogen-bond donors (Lipinski definition) is 1. The molecular weight excluding hydrogens is 190 g/mol. The predicted octanol–water partition coefficient (Wildman–Crippen LogP) is 2.08. The lowest BCUT2D eigenvalue weighted by molar-refractivity contribution is -0.140. The van der Waals surface area contributed by atoms with Crippen molar-refractivity contribution in [2.45, 2.75) is 37.0 Å². The SMILES string of the molecule is O=C(O)C1(c2ncccc2C2CC2)CC1. The number of rotatable bonds is 3. The Morgan fingerprint density at radius 3 is 2.73 bits per heavy atom. The first-order valence-corrected chi connectivity index (χ1v) is 5.43. The second kappa shape index (κ2) is 2.81. The van der Waals surface area contributed by atoms with Crippen LogP contribution in [-0.2, 0) is 10.2 Å². The minimum atomic E-state index is -0.705. The maximum atomic E-state index is 11.2. The Morgan fingerprint density at radius 1 is 1.47 bits per heavy atom. The van der Waals surface area contributed by atoms with Gasteiger partial charge in [0.25, 0.3) is 0 Å². The summed E-state index contributed by atoms with van der Waals surface area (Å²) in [6.07, 6.45) is 5.59. The highest BCUT2D eigenvalue weighted by Gasteiger charge is 2.54. The second-order valence-corrected chi connectivity index (χ2v) is 4.60. The van der Waals surface area contributed by atoms with Crippen LogP contribution >= 0.6 is 0 Å². The highest BCUT2D eigenvalue weighted by molar-refractivity contribution is 5.84. The lowest BCUT2D eigenvalue weighted by Crippen LogP contribution is -2.22. The Kier molecular flexibility index (Phi) is 1.67. The van der Waals surface area contributed by atoms with Gasteiger partial charge in [-0.25, -0.2) is 0 Å². The summed E-state index contributed by atoms with van der Waals surface area (Å²) in [6.45, 7) is 0. The van der Waals surface area contributed by atoms with Gasteiger partial charge >= 0.3 is 5.97 Å². The van der Waals surface area contributed by atoms with Gasteiger partial charge in [-0.2, -0.15) is 0 Å². The molecule has 15 heavy (non-hydrogen) atoms. The number of pyridine rings is 1. The van der Waals surface area contributed by atoms with E-state index in [9.17, 15) is 9.90 Å². The van der Waals surface area contributed by atoms with Gasteiger partial charge in [-0.15, -0.1) is 0 Å². The lowest BCUT2D eigenvalue weighted by Gasteiger charge is -2.13. The van der Waals surface area contributed by atoms with Crippen LogP contribution in [0.15, 0.2) is 18.3 Å². The van der Waals surface area contributed by atoms with E-state index in [1.54, 1.807) is 6.20 Å². The summed E-state index contributed by atoms with van der Waals surface area (Å²) in [5, 5.41) is 9.24. The van der Waals surface area contributed by atoms with Crippen LogP contribution in [0.2, 0.25) is 0 Å². The maximum absolute atomic E-state index is 11.2. The van der Waals surface area contributed by atoms with Crippen molar-refractivity contribution in [3.05, 3.63) is 29.6 Å². The molecule has 1 aromatic heterocycles. The van der Waals surface area contributed by atoms with Gasteiger partial charge in [-0.1, -0.05) is 6.07 Å². The maximum Gasteiger partial charge on any atom is 0.315 e. The Hall–Kier alpha value is -1.38. The Morgan fingerprint density at radius 2 is 2.20 bits per heavy atom. The van der Waals surface area contributed by atoms with Gasteiger partial charge < -0.3 is 5.11 Å². The first-order valence-electron chi connectivity index (χ1n) is 5.43. The number of nitrogens with zero attached hydrogens (tertiary/aromatic N) is 1. The van der Waals surface area contributed by atoms with E-state index in [2.05, 4.69) is 4.98 Å². The first kappa shape index (κ1) is 8.89. The quantitative estimate of drug-likeness (QED) is 0.818. The van der Waals surface area contributed by atoms with Gasteiger partial charge in [0.05, 0.1) is 5.69 Å². The molecule has 0 atom stereocenters. The highest BCUT2D eigenvalue weighted by Crippen LogP contribution is 2.52. The van der Waals surface area contributed by atoms with Crippen molar-refractivity contribution in [2.24, 2.45) is 0 Å². The first-order chi connectivity index (χ1) is 7.24. The fraction of sp³-hybridized carbons (Fsp3) is 0.500. The van der Waals surface area contributed by atoms with E-state index in [-0.39, 0.29) is 0 Å². The molecule has 3 heteroatoms. The smallest absolute Gasteiger partial charge is 0.315 e. The van der Waals surface area contributed by atoms with E-state index in [1.165, 1.54) is 18.4 Å². The van der Waals surface area contributed by atoms with Crippen molar-refractivity contribution >= 4 is 5.97 Å². The zero-order valence-corrected chi connectivity index (χ0v) is 8.44. The summed E-state index contributed by atoms with van der Waals surface area (Å²) in [4.78, 5) is 15.6. The summed E-state index contributed by atoms with van der Waals surface area (Å²) in [7, 11) is 0. The van der Waals surface area contributed by atoms with Crippen molar-refractivity contribution in [1.82, 2.24) is 4.98 Å². The van der Waals surface area contributed by atoms with Crippen LogP contribution in [0.4, 0.5) is 0 Å². The molecule has 2 fully saturated rings. The standard InChI is InChI=1S/C12H13NO2/c14-11(15)12(5-6-12)10-9(8-3-4-8)2-1-7-13-10/h1-2,7-8H,3-6H2,(H,14,15). The normalized spacial score (nSPS) is 22.4. The molecule has 0 radical (unpaired) electrons. The molecule has 3 rings (SSSR count). The molecule has 2 aliphatic rings. The van der Waals surface area contributed by atoms with Crippen molar-refractivity contribution in [3.8, 4) is 0 Å². The number of carboxylic acids is 1. The van der Waals surface area contributed by atoms with Crippen LogP contribution in [0, 0.1) is 0 Å². The van der Waals surface area contributed by atoms with Crippen LogP contribution in [0.5, 0.6) is 0 Å². The van der Waals surface area contributed by atoms with E-state index >= 15 is 0 Å². The van der Waals surface area contributed by atoms with Gasteiger partial charge in [0, 0.05) is 6.20 Å². The molecule has 1 aromatic rings. The number of aromatic nitrogens is 1. The van der Waals surface area contributed by atoms with Gasteiger partial charge in [-0.3, -0.25) is 9.78 Å². The molecule has 0 spiro atoms. The number of hydrogen-bond acceptors (Lipinski definition) is 2. The van der Waals surface area contributed by atoms with Gasteiger partial charge in [0.1, 0.15) is 5.41 Å². The average molecular weight is 203 g/mol. The molecule has 2 aliphatic carbocycles. The molecule has 0 unspecified atom stereocenters. The second-order valence-electron chi connectivity index (χ2n) is 4.60. The van der Waals surface area contributed by atoms with Crippen LogP contribution in [0.3, 0.4) is 0 Å². The van der Waals surface area contributed by atoms with E-state index in [0.717, 1.165) is 18.5 Å². The highest BCUT2D eigenvalue weighted by atomic mass is 16.4. The topological polar surface area (TPSA) is 50.2 Å². The van der Waals surface area contributed by atoms with Gasteiger partial charge in [-0.05, 0) is 43.2 Å². The molecule has 1 heterocycles. The van der Waals surface area contributed by atoms with Crippen molar-refractivity contribution < 1.29 is 9.90 Å². The van der Waals surface area contributed by atoms with Crippen LogP contribution in [-0.4, -0.2) is 16.1 Å². The Balaban J connectivity index is 2.07. The molecule has 1 N–H and O–H groups in total. The molecule has 0 amide bonds. The van der Waals surface area contributed by atoms with Gasteiger partial charge in [0.2, 0.25) is 0 Å². The summed E-state index contributed by atoms with van der Waals surface area (Å²) in [5.74, 6) is -0.131. The fourth-order valence-electron chi connectivity index (χ4n) is 2.22. The number of aliphatic carboxylic acids is 1. The van der Waals surface area contributed by atoms with Crippen LogP contribution in [0.1, 0.15) is 42.9 Å². The average Bonchev–Trinajstić information content (AvgIpc) is 3.11. The minimum Gasteiger partial charge on any atom is -0.481 e. The Bertz CT molecular complexity index is 419. The molecule has 3 nitrogen and oxygen atoms in total. The monoisotopic (exact) mass is 203 g/mol. The summed E-state index contributed by atoms with van der Waals surface area (Å²) >= 11 is 0.